The van der Waals surface area contributed by atoms with Crippen LogP contribution < -0.4 is 17.2 Å². The summed E-state index contributed by atoms with van der Waals surface area (Å²) in [5.41, 5.74) is 18.1. The van der Waals surface area contributed by atoms with E-state index in [9.17, 15) is 24.0 Å². The maximum atomic E-state index is 11.7. The van der Waals surface area contributed by atoms with Crippen LogP contribution in [0.3, 0.4) is 0 Å². The molecule has 0 bridgehead atoms. The molecule has 0 amide bonds. The number of aliphatic hydroxyl groups is 1. The number of aromatic nitrogens is 4. The number of imidazole rings is 1. The van der Waals surface area contributed by atoms with Crippen LogP contribution in [0.5, 0.6) is 0 Å². The van der Waals surface area contributed by atoms with E-state index in [1.165, 1.54) is 4.57 Å². The number of hydrogen-bond donors (Lipinski definition) is 8. The van der Waals surface area contributed by atoms with Crippen molar-refractivity contribution in [2.75, 3.05) is 18.9 Å². The normalized spacial score (nSPS) is 25.5. The van der Waals surface area contributed by atoms with Gasteiger partial charge in [-0.15, -0.1) is 0 Å². The molecule has 2 aromatic rings. The number of phosphoric ester groups is 2. The maximum absolute atomic E-state index is 11.7. The zero-order valence-corrected chi connectivity index (χ0v) is 20.2. The summed E-state index contributed by atoms with van der Waals surface area (Å²) in [5, 5.41) is 10.7. The number of nitrogen functional groups attached to an aromatic ring is 1. The average Bonchev–Trinajstić information content (AvgIpc) is 3.23. The van der Waals surface area contributed by atoms with Crippen LogP contribution in [0.2, 0.25) is 0 Å². The number of hydrogen-bond acceptors (Lipinski definition) is 12. The number of fused-ring (bicyclic) bond motifs is 1. The Balaban J connectivity index is 2.06. The summed E-state index contributed by atoms with van der Waals surface area (Å²) >= 11 is 0. The fourth-order valence-electron chi connectivity index (χ4n) is 3.86. The number of aliphatic hydroxyl groups excluding tert-OH is 1. The Morgan fingerprint density at radius 1 is 1.11 bits per heavy atom. The van der Waals surface area contributed by atoms with Crippen molar-refractivity contribution >= 4 is 32.6 Å². The Morgan fingerprint density at radius 3 is 2.43 bits per heavy atom. The van der Waals surface area contributed by atoms with Crippen molar-refractivity contribution in [2.24, 2.45) is 11.5 Å². The molecule has 19 heteroatoms. The van der Waals surface area contributed by atoms with Gasteiger partial charge in [0.1, 0.15) is 24.4 Å². The third kappa shape index (κ3) is 6.60. The zero-order chi connectivity index (χ0) is 26.0. The molecule has 0 spiro atoms. The van der Waals surface area contributed by atoms with Gasteiger partial charge in [0, 0.05) is 6.42 Å². The minimum Gasteiger partial charge on any atom is -0.387 e. The molecule has 2 aromatic heterocycles. The van der Waals surface area contributed by atoms with Gasteiger partial charge in [0.25, 0.3) is 0 Å². The zero-order valence-electron chi connectivity index (χ0n) is 18.5. The highest BCUT2D eigenvalue weighted by atomic mass is 31.2. The van der Waals surface area contributed by atoms with Crippen molar-refractivity contribution in [3.05, 3.63) is 12.2 Å². The molecule has 3 heterocycles. The van der Waals surface area contributed by atoms with Crippen LogP contribution in [-0.2, 0) is 35.2 Å². The SMILES string of the molecule is NCCCCCCc1nc2c(N)ncnc2n1[C@]1(N)O[C@H](COP(=O)(O)O)[C@@H](O)[C@H]1OP(=O)(O)O. The smallest absolute Gasteiger partial charge is 0.387 e. The molecule has 0 radical (unpaired) electrons. The number of aryl methyl sites for hydroxylation is 1. The van der Waals surface area contributed by atoms with Crippen molar-refractivity contribution < 1.29 is 47.6 Å². The van der Waals surface area contributed by atoms with E-state index >= 15 is 0 Å². The van der Waals surface area contributed by atoms with E-state index in [0.29, 0.717) is 19.4 Å². The number of unbranched alkanes of at least 4 members (excludes halogenated alkanes) is 3. The molecule has 0 aliphatic carbocycles. The first-order valence-electron chi connectivity index (χ1n) is 10.5. The summed E-state index contributed by atoms with van der Waals surface area (Å²) in [4.78, 5) is 49.4. The summed E-state index contributed by atoms with van der Waals surface area (Å²) in [7, 11) is -10.2. The Hall–Kier alpha value is -1.59. The number of phosphoric acid groups is 2. The lowest BCUT2D eigenvalue weighted by Crippen LogP contribution is -2.54. The van der Waals surface area contributed by atoms with Gasteiger partial charge in [0.15, 0.2) is 23.1 Å². The molecule has 1 fully saturated rings. The molecule has 1 aliphatic rings. The predicted molar refractivity (Wildman–Crippen MR) is 119 cm³/mol. The van der Waals surface area contributed by atoms with Gasteiger partial charge in [0.2, 0.25) is 5.85 Å². The van der Waals surface area contributed by atoms with Crippen molar-refractivity contribution in [1.29, 1.82) is 0 Å². The summed E-state index contributed by atoms with van der Waals surface area (Å²) in [6, 6.07) is 0. The molecule has 4 atom stereocenters. The van der Waals surface area contributed by atoms with Gasteiger partial charge in [-0.05, 0) is 19.4 Å². The van der Waals surface area contributed by atoms with Gasteiger partial charge >= 0.3 is 15.6 Å². The summed E-state index contributed by atoms with van der Waals surface area (Å²) in [6.07, 6.45) is -0.885. The molecule has 0 unspecified atom stereocenters. The average molecular weight is 541 g/mol. The highest BCUT2D eigenvalue weighted by molar-refractivity contribution is 7.46. The van der Waals surface area contributed by atoms with E-state index in [2.05, 4.69) is 19.5 Å². The second-order valence-electron chi connectivity index (χ2n) is 7.95. The minimum atomic E-state index is -5.25. The Bertz CT molecular complexity index is 1120. The molecule has 0 aromatic carbocycles. The Morgan fingerprint density at radius 2 is 1.80 bits per heavy atom. The van der Waals surface area contributed by atoms with E-state index < -0.39 is 46.4 Å². The number of nitrogens with two attached hydrogens (primary N) is 3. The lowest BCUT2D eigenvalue weighted by Gasteiger charge is -2.33. The van der Waals surface area contributed by atoms with Gasteiger partial charge in [-0.25, -0.2) is 24.1 Å². The highest BCUT2D eigenvalue weighted by Crippen LogP contribution is 2.47. The van der Waals surface area contributed by atoms with E-state index in [0.717, 1.165) is 25.6 Å². The van der Waals surface area contributed by atoms with Gasteiger partial charge < -0.3 is 40.9 Å². The Kier molecular flexibility index (Phi) is 8.64. The van der Waals surface area contributed by atoms with E-state index in [-0.39, 0.29) is 22.8 Å². The number of ether oxygens (including phenoxy) is 1. The predicted octanol–water partition coefficient (Wildman–Crippen LogP) is -1.61. The third-order valence-corrected chi connectivity index (χ3v) is 6.33. The highest BCUT2D eigenvalue weighted by Gasteiger charge is 2.58. The first-order chi connectivity index (χ1) is 16.3. The number of nitrogens with zero attached hydrogens (tertiary/aromatic N) is 4. The molecule has 11 N–H and O–H groups in total. The van der Waals surface area contributed by atoms with Crippen LogP contribution in [-0.4, -0.2) is 75.7 Å². The second-order valence-corrected chi connectivity index (χ2v) is 10.4. The molecule has 35 heavy (non-hydrogen) atoms. The largest absolute Gasteiger partial charge is 0.470 e. The molecule has 1 saturated heterocycles. The van der Waals surface area contributed by atoms with Gasteiger partial charge in [-0.2, -0.15) is 0 Å². The topological polar surface area (TPSA) is 285 Å². The van der Waals surface area contributed by atoms with E-state index in [1.807, 2.05) is 0 Å². The van der Waals surface area contributed by atoms with Gasteiger partial charge in [-0.1, -0.05) is 12.8 Å². The molecule has 1 aliphatic heterocycles. The molecule has 198 valence electrons. The van der Waals surface area contributed by atoms with Crippen LogP contribution in [0.4, 0.5) is 5.82 Å². The maximum Gasteiger partial charge on any atom is 0.470 e. The van der Waals surface area contributed by atoms with E-state index in [4.69, 9.17) is 36.2 Å². The molecule has 17 nitrogen and oxygen atoms in total. The minimum absolute atomic E-state index is 0.00545. The molecular weight excluding hydrogens is 512 g/mol. The van der Waals surface area contributed by atoms with E-state index in [1.54, 1.807) is 0 Å². The molecular formula is C16H29N7O10P2. The van der Waals surface area contributed by atoms with Crippen molar-refractivity contribution in [3.8, 4) is 0 Å². The third-order valence-electron chi connectivity index (χ3n) is 5.34. The van der Waals surface area contributed by atoms with Crippen LogP contribution in [0.25, 0.3) is 11.2 Å². The summed E-state index contributed by atoms with van der Waals surface area (Å²) < 4.78 is 38.9. The summed E-state index contributed by atoms with van der Waals surface area (Å²) in [6.45, 7) is -0.328. The van der Waals surface area contributed by atoms with Crippen molar-refractivity contribution in [1.82, 2.24) is 19.5 Å². The Labute approximate surface area is 199 Å². The lowest BCUT2D eigenvalue weighted by atomic mass is 10.1. The monoisotopic (exact) mass is 541 g/mol. The lowest BCUT2D eigenvalue weighted by molar-refractivity contribution is -0.139. The molecule has 3 rings (SSSR count). The van der Waals surface area contributed by atoms with Gasteiger partial charge in [-0.3, -0.25) is 19.3 Å². The van der Waals surface area contributed by atoms with Crippen LogP contribution >= 0.6 is 15.6 Å². The number of rotatable bonds is 12. The van der Waals surface area contributed by atoms with Crippen molar-refractivity contribution in [3.63, 3.8) is 0 Å². The van der Waals surface area contributed by atoms with Crippen LogP contribution in [0.1, 0.15) is 31.5 Å². The first kappa shape index (κ1) is 28.0. The summed E-state index contributed by atoms with van der Waals surface area (Å²) in [5.74, 6) is -2.11. The fraction of sp³-hybridized carbons (Fsp3) is 0.688. The standard InChI is InChI=1S/C16H29N7O10P2/c17-6-4-2-1-3-5-10-22-11-14(18)20-8-21-15(11)23(10)16(19)13(33-35(28,29)30)12(24)9(32-16)7-31-34(25,26)27/h8-9,12-13,24H,1-7,17,19H2,(H2,18,20,21)(H2,25,26,27)(H2,28,29,30)/t9-,12-,13-,16+/m1/s1. The fourth-order valence-corrected chi connectivity index (χ4v) is 4.77. The van der Waals surface area contributed by atoms with Crippen molar-refractivity contribution in [2.45, 2.75) is 56.3 Å². The second kappa shape index (κ2) is 10.8. The molecule has 0 saturated carbocycles. The quantitative estimate of drug-likeness (QED) is 0.111. The number of anilines is 1. The van der Waals surface area contributed by atoms with Crippen LogP contribution in [0, 0.1) is 0 Å². The van der Waals surface area contributed by atoms with Crippen LogP contribution in [0.15, 0.2) is 6.33 Å². The van der Waals surface area contributed by atoms with Gasteiger partial charge in [0.05, 0.1) is 6.61 Å². The first-order valence-corrected chi connectivity index (χ1v) is 13.6.